The maximum atomic E-state index is 11.6. The summed E-state index contributed by atoms with van der Waals surface area (Å²) in [5.74, 6) is 0.891. The van der Waals surface area contributed by atoms with Crippen LogP contribution in [0.5, 0.6) is 5.75 Å². The minimum Gasteiger partial charge on any atom is -0.494 e. The first kappa shape index (κ1) is 16.8. The van der Waals surface area contributed by atoms with Crippen molar-refractivity contribution in [1.82, 2.24) is 0 Å². The molecule has 3 rings (SSSR count). The fourth-order valence-electron chi connectivity index (χ4n) is 3.20. The van der Waals surface area contributed by atoms with Crippen molar-refractivity contribution in [2.24, 2.45) is 5.14 Å². The Kier molecular flexibility index (Phi) is 4.51. The smallest absolute Gasteiger partial charge is 0.238 e. The Labute approximate surface area is 143 Å². The summed E-state index contributed by atoms with van der Waals surface area (Å²) in [6, 6.07) is 13.4. The molecule has 0 aliphatic carbocycles. The highest BCUT2D eigenvalue weighted by Crippen LogP contribution is 2.35. The van der Waals surface area contributed by atoms with Crippen LogP contribution in [0.15, 0.2) is 47.4 Å². The van der Waals surface area contributed by atoms with Gasteiger partial charge in [0.25, 0.3) is 0 Å². The topological polar surface area (TPSA) is 72.6 Å². The monoisotopic (exact) mass is 346 g/mol. The normalized spacial score (nSPS) is 17.0. The zero-order valence-corrected chi connectivity index (χ0v) is 14.7. The number of hydrogen-bond donors (Lipinski definition) is 1. The first-order chi connectivity index (χ1) is 11.4. The van der Waals surface area contributed by atoms with Gasteiger partial charge < -0.3 is 9.64 Å². The number of ether oxygens (including phenoxy) is 1. The average molecular weight is 346 g/mol. The highest BCUT2D eigenvalue weighted by molar-refractivity contribution is 7.89. The van der Waals surface area contributed by atoms with E-state index < -0.39 is 10.0 Å². The SMILES string of the molecule is CCOc1ccccc1CN1c2ccc(S(N)(=O)=O)cc2CC1C. The molecule has 0 saturated heterocycles. The number of hydrogen-bond acceptors (Lipinski definition) is 4. The third-order valence-electron chi connectivity index (χ3n) is 4.35. The van der Waals surface area contributed by atoms with E-state index in [1.54, 1.807) is 12.1 Å². The molecule has 0 spiro atoms. The van der Waals surface area contributed by atoms with Crippen molar-refractivity contribution >= 4 is 15.7 Å². The maximum absolute atomic E-state index is 11.6. The van der Waals surface area contributed by atoms with Crippen molar-refractivity contribution in [2.45, 2.75) is 37.8 Å². The number of nitrogens with two attached hydrogens (primary N) is 1. The second-order valence-corrected chi connectivity index (χ2v) is 7.62. The third-order valence-corrected chi connectivity index (χ3v) is 5.26. The van der Waals surface area contributed by atoms with Gasteiger partial charge in [-0.1, -0.05) is 18.2 Å². The van der Waals surface area contributed by atoms with Crippen molar-refractivity contribution in [2.75, 3.05) is 11.5 Å². The van der Waals surface area contributed by atoms with Crippen LogP contribution in [0.3, 0.4) is 0 Å². The predicted molar refractivity (Wildman–Crippen MR) is 94.8 cm³/mol. The summed E-state index contributed by atoms with van der Waals surface area (Å²) in [5.41, 5.74) is 3.19. The van der Waals surface area contributed by atoms with Crippen LogP contribution in [0.4, 0.5) is 5.69 Å². The Morgan fingerprint density at radius 3 is 2.71 bits per heavy atom. The van der Waals surface area contributed by atoms with Crippen LogP contribution in [0.25, 0.3) is 0 Å². The van der Waals surface area contributed by atoms with Gasteiger partial charge in [-0.3, -0.25) is 0 Å². The predicted octanol–water partition coefficient (Wildman–Crippen LogP) is 2.68. The van der Waals surface area contributed by atoms with Crippen LogP contribution in [0.2, 0.25) is 0 Å². The molecule has 0 radical (unpaired) electrons. The van der Waals surface area contributed by atoms with Crippen molar-refractivity contribution in [3.05, 3.63) is 53.6 Å². The van der Waals surface area contributed by atoms with E-state index in [0.717, 1.165) is 35.5 Å². The standard InChI is InChI=1S/C18H22N2O3S/c1-3-23-18-7-5-4-6-14(18)12-20-13(2)10-15-11-16(24(19,21)22)8-9-17(15)20/h4-9,11,13H,3,10,12H2,1-2H3,(H2,19,21,22). The first-order valence-corrected chi connectivity index (χ1v) is 9.58. The molecular weight excluding hydrogens is 324 g/mol. The van der Waals surface area contributed by atoms with Crippen LogP contribution in [0, 0.1) is 0 Å². The lowest BCUT2D eigenvalue weighted by molar-refractivity contribution is 0.336. The molecule has 2 aromatic rings. The van der Waals surface area contributed by atoms with E-state index in [-0.39, 0.29) is 10.9 Å². The minimum atomic E-state index is -3.67. The molecule has 0 bridgehead atoms. The van der Waals surface area contributed by atoms with Crippen LogP contribution in [-0.4, -0.2) is 21.1 Å². The molecule has 6 heteroatoms. The van der Waals surface area contributed by atoms with Crippen molar-refractivity contribution < 1.29 is 13.2 Å². The first-order valence-electron chi connectivity index (χ1n) is 8.03. The van der Waals surface area contributed by atoms with Crippen molar-refractivity contribution in [3.8, 4) is 5.75 Å². The molecule has 1 unspecified atom stereocenters. The van der Waals surface area contributed by atoms with E-state index in [4.69, 9.17) is 9.88 Å². The Morgan fingerprint density at radius 1 is 1.25 bits per heavy atom. The zero-order chi connectivity index (χ0) is 17.3. The number of primary sulfonamides is 1. The van der Waals surface area contributed by atoms with Crippen molar-refractivity contribution in [1.29, 1.82) is 0 Å². The highest BCUT2D eigenvalue weighted by Gasteiger charge is 2.27. The summed E-state index contributed by atoms with van der Waals surface area (Å²) in [4.78, 5) is 2.45. The number of benzene rings is 2. The Balaban J connectivity index is 1.92. The van der Waals surface area contributed by atoms with Gasteiger partial charge in [-0.05, 0) is 50.1 Å². The summed E-state index contributed by atoms with van der Waals surface area (Å²) >= 11 is 0. The molecule has 0 amide bonds. The molecule has 2 aromatic carbocycles. The molecule has 0 aromatic heterocycles. The second-order valence-electron chi connectivity index (χ2n) is 6.06. The zero-order valence-electron chi connectivity index (χ0n) is 13.9. The second kappa shape index (κ2) is 6.45. The number of para-hydroxylation sites is 1. The Bertz CT molecular complexity index is 849. The summed E-state index contributed by atoms with van der Waals surface area (Å²) in [7, 11) is -3.67. The number of nitrogens with zero attached hydrogens (tertiary/aromatic N) is 1. The minimum absolute atomic E-state index is 0.171. The Morgan fingerprint density at radius 2 is 2.00 bits per heavy atom. The van der Waals surface area contributed by atoms with Gasteiger partial charge in [0, 0.05) is 23.8 Å². The lowest BCUT2D eigenvalue weighted by Gasteiger charge is -2.26. The van der Waals surface area contributed by atoms with Gasteiger partial charge in [-0.15, -0.1) is 0 Å². The van der Waals surface area contributed by atoms with Gasteiger partial charge in [0.1, 0.15) is 5.75 Å². The highest BCUT2D eigenvalue weighted by atomic mass is 32.2. The molecule has 1 heterocycles. The van der Waals surface area contributed by atoms with Gasteiger partial charge in [-0.2, -0.15) is 0 Å². The third kappa shape index (κ3) is 3.25. The molecule has 24 heavy (non-hydrogen) atoms. The van der Waals surface area contributed by atoms with Gasteiger partial charge in [-0.25, -0.2) is 13.6 Å². The molecular formula is C18H22N2O3S. The van der Waals surface area contributed by atoms with Crippen LogP contribution < -0.4 is 14.8 Å². The lowest BCUT2D eigenvalue weighted by atomic mass is 10.1. The number of rotatable bonds is 5. The van der Waals surface area contributed by atoms with Crippen LogP contribution in [-0.2, 0) is 23.0 Å². The van der Waals surface area contributed by atoms with E-state index >= 15 is 0 Å². The van der Waals surface area contributed by atoms with Crippen LogP contribution in [0.1, 0.15) is 25.0 Å². The summed E-state index contributed by atoms with van der Waals surface area (Å²) in [6.07, 6.45) is 0.801. The molecule has 0 saturated carbocycles. The largest absolute Gasteiger partial charge is 0.494 e. The van der Waals surface area contributed by atoms with E-state index in [9.17, 15) is 8.42 Å². The summed E-state index contributed by atoms with van der Waals surface area (Å²) in [5, 5.41) is 5.24. The summed E-state index contributed by atoms with van der Waals surface area (Å²) in [6.45, 7) is 5.46. The molecule has 1 aliphatic heterocycles. The number of sulfonamides is 1. The van der Waals surface area contributed by atoms with E-state index in [1.165, 1.54) is 0 Å². The molecule has 128 valence electrons. The lowest BCUT2D eigenvalue weighted by Crippen LogP contribution is -2.28. The average Bonchev–Trinajstić information content (AvgIpc) is 2.84. The van der Waals surface area contributed by atoms with Gasteiger partial charge in [0.05, 0.1) is 11.5 Å². The molecule has 1 aliphatic rings. The molecule has 1 atom stereocenters. The van der Waals surface area contributed by atoms with E-state index in [1.807, 2.05) is 31.2 Å². The summed E-state index contributed by atoms with van der Waals surface area (Å²) < 4.78 is 28.8. The fraction of sp³-hybridized carbons (Fsp3) is 0.333. The van der Waals surface area contributed by atoms with Crippen LogP contribution >= 0.6 is 0 Å². The number of fused-ring (bicyclic) bond motifs is 1. The quantitative estimate of drug-likeness (QED) is 0.903. The number of anilines is 1. The van der Waals surface area contributed by atoms with E-state index in [2.05, 4.69) is 17.9 Å². The Hall–Kier alpha value is -2.05. The maximum Gasteiger partial charge on any atom is 0.238 e. The van der Waals surface area contributed by atoms with Crippen molar-refractivity contribution in [3.63, 3.8) is 0 Å². The fourth-order valence-corrected chi connectivity index (χ4v) is 3.77. The van der Waals surface area contributed by atoms with Gasteiger partial charge in [0.15, 0.2) is 0 Å². The molecule has 0 fully saturated rings. The van der Waals surface area contributed by atoms with Gasteiger partial charge in [0.2, 0.25) is 10.0 Å². The molecule has 5 nitrogen and oxygen atoms in total. The molecule has 2 N–H and O–H groups in total. The van der Waals surface area contributed by atoms with E-state index in [0.29, 0.717) is 6.61 Å². The van der Waals surface area contributed by atoms with Gasteiger partial charge >= 0.3 is 0 Å².